The second kappa shape index (κ2) is 6.57. The predicted octanol–water partition coefficient (Wildman–Crippen LogP) is 1.86. The lowest BCUT2D eigenvalue weighted by atomic mass is 10.1. The first kappa shape index (κ1) is 13.9. The van der Waals surface area contributed by atoms with E-state index in [1.54, 1.807) is 0 Å². The average Bonchev–Trinajstić information content (AvgIpc) is 2.91. The number of hydrogen-bond donors (Lipinski definition) is 2. The van der Waals surface area contributed by atoms with Crippen LogP contribution in [0, 0.1) is 6.92 Å². The van der Waals surface area contributed by atoms with Gasteiger partial charge in [0.1, 0.15) is 0 Å². The van der Waals surface area contributed by atoms with E-state index >= 15 is 0 Å². The summed E-state index contributed by atoms with van der Waals surface area (Å²) in [6, 6.07) is 5.88. The number of likely N-dealkylation sites (tertiary alicyclic amines) is 1. The molecule has 0 saturated carbocycles. The Balaban J connectivity index is 1.89. The summed E-state index contributed by atoms with van der Waals surface area (Å²) in [6.45, 7) is 6.01. The minimum Gasteiger partial charge on any atom is -0.387 e. The number of rotatable bonds is 5. The van der Waals surface area contributed by atoms with E-state index in [1.165, 1.54) is 25.9 Å². The molecular weight excluding hydrogens is 238 g/mol. The van der Waals surface area contributed by atoms with Crippen molar-refractivity contribution in [2.45, 2.75) is 19.8 Å². The van der Waals surface area contributed by atoms with Crippen molar-refractivity contribution in [2.75, 3.05) is 38.5 Å². The molecule has 0 aliphatic carbocycles. The third-order valence-corrected chi connectivity index (χ3v) is 3.60. The summed E-state index contributed by atoms with van der Waals surface area (Å²) in [5.41, 5.74) is 2.71. The summed E-state index contributed by atoms with van der Waals surface area (Å²) in [4.78, 5) is 14.6. The van der Waals surface area contributed by atoms with Gasteiger partial charge in [0.15, 0.2) is 0 Å². The van der Waals surface area contributed by atoms with Gasteiger partial charge in [0, 0.05) is 25.8 Å². The van der Waals surface area contributed by atoms with Gasteiger partial charge in [-0.15, -0.1) is 0 Å². The zero-order valence-electron chi connectivity index (χ0n) is 11.8. The van der Waals surface area contributed by atoms with E-state index < -0.39 is 0 Å². The van der Waals surface area contributed by atoms with Crippen LogP contribution in [0.1, 0.15) is 28.8 Å². The summed E-state index contributed by atoms with van der Waals surface area (Å²) in [5.74, 6) is 0.00671. The summed E-state index contributed by atoms with van der Waals surface area (Å²) >= 11 is 0. The van der Waals surface area contributed by atoms with Gasteiger partial charge in [0.2, 0.25) is 0 Å². The van der Waals surface area contributed by atoms with Gasteiger partial charge >= 0.3 is 0 Å². The smallest absolute Gasteiger partial charge is 0.253 e. The SMILES string of the molecule is CNc1ccc(C)cc1C(=O)NCCN1CCCC1. The molecule has 0 unspecified atom stereocenters. The van der Waals surface area contributed by atoms with Gasteiger partial charge in [-0.2, -0.15) is 0 Å². The highest BCUT2D eigenvalue weighted by Gasteiger charge is 2.13. The molecule has 1 fully saturated rings. The number of aryl methyl sites for hydroxylation is 1. The molecule has 2 N–H and O–H groups in total. The average molecular weight is 261 g/mol. The molecular formula is C15H23N3O. The van der Waals surface area contributed by atoms with Gasteiger partial charge in [0.25, 0.3) is 5.91 Å². The number of nitrogens with one attached hydrogen (secondary N) is 2. The van der Waals surface area contributed by atoms with Crippen LogP contribution in [0.2, 0.25) is 0 Å². The highest BCUT2D eigenvalue weighted by molar-refractivity contribution is 5.99. The summed E-state index contributed by atoms with van der Waals surface area (Å²) in [7, 11) is 1.84. The molecule has 0 atom stereocenters. The maximum atomic E-state index is 12.2. The Kier molecular flexibility index (Phi) is 4.80. The lowest BCUT2D eigenvalue weighted by Crippen LogP contribution is -2.33. The number of benzene rings is 1. The first-order valence-electron chi connectivity index (χ1n) is 6.99. The van der Waals surface area contributed by atoms with Gasteiger partial charge in [0.05, 0.1) is 5.56 Å². The van der Waals surface area contributed by atoms with Crippen molar-refractivity contribution in [1.82, 2.24) is 10.2 Å². The Morgan fingerprint density at radius 2 is 2.05 bits per heavy atom. The summed E-state index contributed by atoms with van der Waals surface area (Å²) in [5, 5.41) is 6.07. The predicted molar refractivity (Wildman–Crippen MR) is 78.7 cm³/mol. The standard InChI is InChI=1S/C15H23N3O/c1-12-5-6-14(16-2)13(11-12)15(19)17-7-10-18-8-3-4-9-18/h5-6,11,16H,3-4,7-10H2,1-2H3,(H,17,19). The van der Waals surface area contributed by atoms with Gasteiger partial charge < -0.3 is 15.5 Å². The van der Waals surface area contributed by atoms with Crippen molar-refractivity contribution in [2.24, 2.45) is 0 Å². The molecule has 1 aromatic rings. The number of anilines is 1. The third-order valence-electron chi connectivity index (χ3n) is 3.60. The minimum absolute atomic E-state index is 0.00671. The van der Waals surface area contributed by atoms with Crippen molar-refractivity contribution < 1.29 is 4.79 Å². The summed E-state index contributed by atoms with van der Waals surface area (Å²) < 4.78 is 0. The van der Waals surface area contributed by atoms with Gasteiger partial charge in [-0.1, -0.05) is 11.6 Å². The molecule has 1 heterocycles. The molecule has 4 heteroatoms. The van der Waals surface area contributed by atoms with Crippen LogP contribution in [0.3, 0.4) is 0 Å². The van der Waals surface area contributed by atoms with Gasteiger partial charge in [-0.25, -0.2) is 0 Å². The Hall–Kier alpha value is -1.55. The lowest BCUT2D eigenvalue weighted by Gasteiger charge is -2.15. The third kappa shape index (κ3) is 3.70. The normalized spacial score (nSPS) is 15.5. The maximum Gasteiger partial charge on any atom is 0.253 e. The molecule has 0 aromatic heterocycles. The fourth-order valence-electron chi connectivity index (χ4n) is 2.49. The fraction of sp³-hybridized carbons (Fsp3) is 0.533. The molecule has 2 rings (SSSR count). The number of carbonyl (C=O) groups excluding carboxylic acids is 1. The number of nitrogens with zero attached hydrogens (tertiary/aromatic N) is 1. The number of amides is 1. The largest absolute Gasteiger partial charge is 0.387 e. The molecule has 0 bridgehead atoms. The van der Waals surface area contributed by atoms with Crippen molar-refractivity contribution in [3.8, 4) is 0 Å². The quantitative estimate of drug-likeness (QED) is 0.850. The monoisotopic (exact) mass is 261 g/mol. The van der Waals surface area contributed by atoms with Crippen LogP contribution in [0.15, 0.2) is 18.2 Å². The zero-order valence-corrected chi connectivity index (χ0v) is 11.8. The van der Waals surface area contributed by atoms with Crippen LogP contribution in [-0.2, 0) is 0 Å². The lowest BCUT2D eigenvalue weighted by molar-refractivity contribution is 0.0950. The van der Waals surface area contributed by atoms with E-state index in [-0.39, 0.29) is 5.91 Å². The highest BCUT2D eigenvalue weighted by Crippen LogP contribution is 2.16. The second-order valence-corrected chi connectivity index (χ2v) is 5.10. The van der Waals surface area contributed by atoms with E-state index in [0.29, 0.717) is 0 Å². The number of carbonyl (C=O) groups is 1. The molecule has 1 aromatic carbocycles. The van der Waals surface area contributed by atoms with E-state index in [9.17, 15) is 4.79 Å². The van der Waals surface area contributed by atoms with E-state index in [1.807, 2.05) is 32.2 Å². The Labute approximate surface area is 115 Å². The zero-order chi connectivity index (χ0) is 13.7. The van der Waals surface area contributed by atoms with Crippen LogP contribution in [0.5, 0.6) is 0 Å². The molecule has 0 radical (unpaired) electrons. The molecule has 1 aliphatic heterocycles. The summed E-state index contributed by atoms with van der Waals surface area (Å²) in [6.07, 6.45) is 2.57. The molecule has 0 spiro atoms. The van der Waals surface area contributed by atoms with Gasteiger partial charge in [-0.3, -0.25) is 4.79 Å². The Morgan fingerprint density at radius 3 is 2.74 bits per heavy atom. The van der Waals surface area contributed by atoms with E-state index in [2.05, 4.69) is 15.5 Å². The van der Waals surface area contributed by atoms with Crippen LogP contribution in [0.25, 0.3) is 0 Å². The Bertz CT molecular complexity index is 439. The first-order chi connectivity index (χ1) is 9.20. The second-order valence-electron chi connectivity index (χ2n) is 5.10. The molecule has 104 valence electrons. The van der Waals surface area contributed by atoms with Crippen molar-refractivity contribution in [3.63, 3.8) is 0 Å². The maximum absolute atomic E-state index is 12.2. The fourth-order valence-corrected chi connectivity index (χ4v) is 2.49. The molecule has 1 amide bonds. The molecule has 19 heavy (non-hydrogen) atoms. The van der Waals surface area contributed by atoms with E-state index in [4.69, 9.17) is 0 Å². The van der Waals surface area contributed by atoms with Crippen molar-refractivity contribution in [1.29, 1.82) is 0 Å². The van der Waals surface area contributed by atoms with Crippen LogP contribution < -0.4 is 10.6 Å². The Morgan fingerprint density at radius 1 is 1.32 bits per heavy atom. The van der Waals surface area contributed by atoms with Crippen molar-refractivity contribution >= 4 is 11.6 Å². The van der Waals surface area contributed by atoms with Crippen LogP contribution in [-0.4, -0.2) is 44.0 Å². The molecule has 1 saturated heterocycles. The van der Waals surface area contributed by atoms with Crippen LogP contribution >= 0.6 is 0 Å². The molecule has 4 nitrogen and oxygen atoms in total. The minimum atomic E-state index is 0.00671. The highest BCUT2D eigenvalue weighted by atomic mass is 16.1. The first-order valence-corrected chi connectivity index (χ1v) is 6.99. The van der Waals surface area contributed by atoms with E-state index in [0.717, 1.165) is 29.9 Å². The topological polar surface area (TPSA) is 44.4 Å². The van der Waals surface area contributed by atoms with Crippen molar-refractivity contribution in [3.05, 3.63) is 29.3 Å². The number of hydrogen-bond acceptors (Lipinski definition) is 3. The molecule has 1 aliphatic rings. The van der Waals surface area contributed by atoms with Crippen LogP contribution in [0.4, 0.5) is 5.69 Å². The van der Waals surface area contributed by atoms with Gasteiger partial charge in [-0.05, 0) is 45.0 Å².